The second-order valence-electron chi connectivity index (χ2n) is 4.39. The summed E-state index contributed by atoms with van der Waals surface area (Å²) in [4.78, 5) is 23.5. The van der Waals surface area contributed by atoms with Crippen molar-refractivity contribution >= 4 is 17.6 Å². The topological polar surface area (TPSA) is 69.6 Å². The average molecular weight is 264 g/mol. The number of carboxylic acids is 1. The first kappa shape index (κ1) is 15.2. The van der Waals surface area contributed by atoms with Crippen LogP contribution in [0.4, 0.5) is 5.69 Å². The molecular formula is C14H20N2O3. The van der Waals surface area contributed by atoms with Crippen molar-refractivity contribution in [3.8, 4) is 0 Å². The van der Waals surface area contributed by atoms with Crippen LogP contribution >= 0.6 is 0 Å². The third-order valence-corrected chi connectivity index (χ3v) is 2.77. The Labute approximate surface area is 113 Å². The molecule has 0 atom stereocenters. The lowest BCUT2D eigenvalue weighted by Crippen LogP contribution is -2.25. The van der Waals surface area contributed by atoms with Gasteiger partial charge in [-0.05, 0) is 24.2 Å². The van der Waals surface area contributed by atoms with Gasteiger partial charge in [0.2, 0.25) is 5.91 Å². The molecule has 2 N–H and O–H groups in total. The molecule has 1 aromatic carbocycles. The van der Waals surface area contributed by atoms with Gasteiger partial charge in [-0.25, -0.2) is 0 Å². The fraction of sp³-hybridized carbons (Fsp3) is 0.429. The van der Waals surface area contributed by atoms with Crippen LogP contribution < -0.4 is 5.32 Å². The largest absolute Gasteiger partial charge is 0.481 e. The molecule has 0 fully saturated rings. The Bertz CT molecular complexity index is 429. The minimum atomic E-state index is -0.778. The molecule has 0 saturated heterocycles. The van der Waals surface area contributed by atoms with Crippen LogP contribution in [0.2, 0.25) is 0 Å². The average Bonchev–Trinajstić information content (AvgIpc) is 2.35. The van der Waals surface area contributed by atoms with Gasteiger partial charge in [-0.3, -0.25) is 14.5 Å². The molecule has 0 aromatic heterocycles. The SMILES string of the molecule is CCN(CCC(=O)O)Cc1ccc(NC(C)=O)cc1. The minimum Gasteiger partial charge on any atom is -0.481 e. The fourth-order valence-electron chi connectivity index (χ4n) is 1.76. The molecule has 1 amide bonds. The van der Waals surface area contributed by atoms with Crippen molar-refractivity contribution in [3.05, 3.63) is 29.8 Å². The van der Waals surface area contributed by atoms with Crippen LogP contribution in [0.25, 0.3) is 0 Å². The quantitative estimate of drug-likeness (QED) is 0.789. The normalized spacial score (nSPS) is 10.5. The van der Waals surface area contributed by atoms with Crippen molar-refractivity contribution in [3.63, 3.8) is 0 Å². The Balaban J connectivity index is 2.55. The second kappa shape index (κ2) is 7.53. The molecule has 0 radical (unpaired) electrons. The van der Waals surface area contributed by atoms with Gasteiger partial charge in [0.1, 0.15) is 0 Å². The monoisotopic (exact) mass is 264 g/mol. The van der Waals surface area contributed by atoms with Gasteiger partial charge in [-0.1, -0.05) is 19.1 Å². The van der Waals surface area contributed by atoms with E-state index in [9.17, 15) is 9.59 Å². The lowest BCUT2D eigenvalue weighted by Gasteiger charge is -2.19. The van der Waals surface area contributed by atoms with Crippen LogP contribution in [0, 0.1) is 0 Å². The van der Waals surface area contributed by atoms with E-state index in [1.165, 1.54) is 6.92 Å². The van der Waals surface area contributed by atoms with Crippen LogP contribution in [-0.4, -0.2) is 35.0 Å². The van der Waals surface area contributed by atoms with Crippen LogP contribution in [0.5, 0.6) is 0 Å². The van der Waals surface area contributed by atoms with Gasteiger partial charge in [-0.2, -0.15) is 0 Å². The molecular weight excluding hydrogens is 244 g/mol. The predicted molar refractivity (Wildman–Crippen MR) is 73.9 cm³/mol. The summed E-state index contributed by atoms with van der Waals surface area (Å²) in [5.74, 6) is -0.871. The van der Waals surface area contributed by atoms with E-state index in [0.29, 0.717) is 13.1 Å². The first-order valence-electron chi connectivity index (χ1n) is 6.32. The van der Waals surface area contributed by atoms with Crippen LogP contribution in [-0.2, 0) is 16.1 Å². The summed E-state index contributed by atoms with van der Waals surface area (Å²) < 4.78 is 0. The number of rotatable bonds is 7. The molecule has 0 heterocycles. The number of carboxylic acid groups (broad SMARTS) is 1. The Morgan fingerprint density at radius 2 is 1.89 bits per heavy atom. The number of hydrogen-bond donors (Lipinski definition) is 2. The van der Waals surface area contributed by atoms with E-state index in [2.05, 4.69) is 10.2 Å². The zero-order valence-electron chi connectivity index (χ0n) is 11.3. The van der Waals surface area contributed by atoms with E-state index >= 15 is 0 Å². The molecule has 0 aliphatic carbocycles. The zero-order valence-corrected chi connectivity index (χ0v) is 11.3. The third kappa shape index (κ3) is 6.01. The molecule has 19 heavy (non-hydrogen) atoms. The number of carbonyl (C=O) groups excluding carboxylic acids is 1. The molecule has 0 aliphatic rings. The summed E-state index contributed by atoms with van der Waals surface area (Å²) >= 11 is 0. The Morgan fingerprint density at radius 1 is 1.26 bits per heavy atom. The summed E-state index contributed by atoms with van der Waals surface area (Å²) in [5.41, 5.74) is 1.87. The lowest BCUT2D eigenvalue weighted by atomic mass is 10.2. The van der Waals surface area contributed by atoms with Gasteiger partial charge >= 0.3 is 5.97 Å². The number of aliphatic carboxylic acids is 1. The summed E-state index contributed by atoms with van der Waals surface area (Å²) in [6.07, 6.45) is 0.151. The van der Waals surface area contributed by atoms with Crippen LogP contribution in [0.3, 0.4) is 0 Å². The van der Waals surface area contributed by atoms with E-state index in [0.717, 1.165) is 17.8 Å². The van der Waals surface area contributed by atoms with Crippen molar-refractivity contribution in [2.45, 2.75) is 26.8 Å². The first-order valence-corrected chi connectivity index (χ1v) is 6.32. The van der Waals surface area contributed by atoms with E-state index in [1.807, 2.05) is 31.2 Å². The van der Waals surface area contributed by atoms with Crippen molar-refractivity contribution in [2.24, 2.45) is 0 Å². The molecule has 0 saturated carbocycles. The highest BCUT2D eigenvalue weighted by atomic mass is 16.4. The highest BCUT2D eigenvalue weighted by Crippen LogP contribution is 2.11. The molecule has 104 valence electrons. The van der Waals surface area contributed by atoms with Gasteiger partial charge in [-0.15, -0.1) is 0 Å². The minimum absolute atomic E-state index is 0.0932. The van der Waals surface area contributed by atoms with Gasteiger partial charge in [0.15, 0.2) is 0 Å². The van der Waals surface area contributed by atoms with Crippen LogP contribution in [0.15, 0.2) is 24.3 Å². The third-order valence-electron chi connectivity index (χ3n) is 2.77. The number of anilines is 1. The zero-order chi connectivity index (χ0) is 14.3. The predicted octanol–water partition coefficient (Wildman–Crippen LogP) is 1.94. The molecule has 0 unspecified atom stereocenters. The van der Waals surface area contributed by atoms with Crippen molar-refractivity contribution in [1.82, 2.24) is 4.90 Å². The van der Waals surface area contributed by atoms with E-state index in [4.69, 9.17) is 5.11 Å². The molecule has 0 bridgehead atoms. The summed E-state index contributed by atoms with van der Waals surface area (Å²) in [6.45, 7) is 5.54. The highest BCUT2D eigenvalue weighted by molar-refractivity contribution is 5.88. The van der Waals surface area contributed by atoms with E-state index in [-0.39, 0.29) is 12.3 Å². The van der Waals surface area contributed by atoms with Crippen molar-refractivity contribution < 1.29 is 14.7 Å². The van der Waals surface area contributed by atoms with E-state index < -0.39 is 5.97 Å². The molecule has 0 spiro atoms. The first-order chi connectivity index (χ1) is 9.01. The summed E-state index contributed by atoms with van der Waals surface area (Å²) in [5, 5.41) is 11.4. The standard InChI is InChI=1S/C14H20N2O3/c1-3-16(9-8-14(18)19)10-12-4-6-13(7-5-12)15-11(2)17/h4-7H,3,8-10H2,1-2H3,(H,15,17)(H,18,19). The number of hydrogen-bond acceptors (Lipinski definition) is 3. The summed E-state index contributed by atoms with van der Waals surface area (Å²) in [6, 6.07) is 7.58. The van der Waals surface area contributed by atoms with Gasteiger partial charge in [0.05, 0.1) is 6.42 Å². The van der Waals surface area contributed by atoms with Gasteiger partial charge in [0.25, 0.3) is 0 Å². The van der Waals surface area contributed by atoms with Gasteiger partial charge < -0.3 is 10.4 Å². The summed E-state index contributed by atoms with van der Waals surface area (Å²) in [7, 11) is 0. The Morgan fingerprint density at radius 3 is 2.37 bits per heavy atom. The highest BCUT2D eigenvalue weighted by Gasteiger charge is 2.06. The molecule has 5 heteroatoms. The van der Waals surface area contributed by atoms with Crippen molar-refractivity contribution in [1.29, 1.82) is 0 Å². The number of carbonyl (C=O) groups is 2. The van der Waals surface area contributed by atoms with Crippen LogP contribution in [0.1, 0.15) is 25.8 Å². The number of benzene rings is 1. The van der Waals surface area contributed by atoms with E-state index in [1.54, 1.807) is 0 Å². The Kier molecular flexibility index (Phi) is 6.02. The Hall–Kier alpha value is -1.88. The van der Waals surface area contributed by atoms with Gasteiger partial charge in [0, 0.05) is 25.7 Å². The molecule has 1 aromatic rings. The maximum Gasteiger partial charge on any atom is 0.304 e. The fourth-order valence-corrected chi connectivity index (χ4v) is 1.76. The molecule has 5 nitrogen and oxygen atoms in total. The lowest BCUT2D eigenvalue weighted by molar-refractivity contribution is -0.137. The maximum absolute atomic E-state index is 10.9. The number of nitrogens with zero attached hydrogens (tertiary/aromatic N) is 1. The second-order valence-corrected chi connectivity index (χ2v) is 4.39. The number of nitrogens with one attached hydrogen (secondary N) is 1. The smallest absolute Gasteiger partial charge is 0.304 e. The maximum atomic E-state index is 10.9. The number of amides is 1. The van der Waals surface area contributed by atoms with Crippen molar-refractivity contribution in [2.75, 3.05) is 18.4 Å². The molecule has 0 aliphatic heterocycles. The molecule has 1 rings (SSSR count).